The third-order valence-corrected chi connectivity index (χ3v) is 5.58. The molecular weight excluding hydrogens is 485 g/mol. The number of hydrogen-bond donors (Lipinski definition) is 0. The molecule has 0 N–H and O–H groups in total. The number of aldehydes is 1. The van der Waals surface area contributed by atoms with Crippen LogP contribution < -0.4 is 4.74 Å². The number of amides is 1. The van der Waals surface area contributed by atoms with Crippen LogP contribution in [0.2, 0.25) is 5.02 Å². The SMILES string of the molecule is Cn1c(-c2ccc(Oc3cc(Cl)cc(F)c3C=O)cc2)cnc1CN(C(=O)OC(C)(C)C)C(C)(C)C. The predicted octanol–water partition coefficient (Wildman–Crippen LogP) is 7.02. The fraction of sp³-hybridized carbons (Fsp3) is 0.370. The maximum Gasteiger partial charge on any atom is 0.411 e. The maximum absolute atomic E-state index is 14.0. The third kappa shape index (κ3) is 6.43. The Kier molecular flexibility index (Phi) is 7.79. The van der Waals surface area contributed by atoms with Gasteiger partial charge in [0.25, 0.3) is 0 Å². The quantitative estimate of drug-likeness (QED) is 0.330. The van der Waals surface area contributed by atoms with Crippen molar-refractivity contribution in [2.75, 3.05) is 0 Å². The molecule has 1 amide bonds. The molecule has 9 heteroatoms. The minimum absolute atomic E-state index is 0.0370. The van der Waals surface area contributed by atoms with E-state index >= 15 is 0 Å². The molecule has 3 rings (SSSR count). The Balaban J connectivity index is 1.82. The van der Waals surface area contributed by atoms with E-state index in [1.165, 1.54) is 6.07 Å². The minimum atomic E-state index is -0.748. The van der Waals surface area contributed by atoms with Gasteiger partial charge >= 0.3 is 6.09 Å². The number of rotatable bonds is 6. The van der Waals surface area contributed by atoms with E-state index in [9.17, 15) is 14.0 Å². The molecule has 1 heterocycles. The van der Waals surface area contributed by atoms with E-state index in [4.69, 9.17) is 21.1 Å². The Morgan fingerprint density at radius 3 is 2.33 bits per heavy atom. The predicted molar refractivity (Wildman–Crippen MR) is 137 cm³/mol. The molecule has 0 fully saturated rings. The number of hydrogen-bond acceptors (Lipinski definition) is 5. The number of carbonyl (C=O) groups excluding carboxylic acids is 2. The molecule has 0 saturated heterocycles. The van der Waals surface area contributed by atoms with Gasteiger partial charge in [-0.05, 0) is 71.9 Å². The van der Waals surface area contributed by atoms with Gasteiger partial charge in [0.05, 0.1) is 24.0 Å². The van der Waals surface area contributed by atoms with Crippen LogP contribution in [0.1, 0.15) is 57.7 Å². The van der Waals surface area contributed by atoms with E-state index < -0.39 is 23.1 Å². The number of halogens is 2. The van der Waals surface area contributed by atoms with Gasteiger partial charge < -0.3 is 14.0 Å². The van der Waals surface area contributed by atoms with Crippen molar-refractivity contribution in [3.05, 3.63) is 64.8 Å². The Hall–Kier alpha value is -3.39. The molecule has 0 unspecified atom stereocenters. The molecule has 0 radical (unpaired) electrons. The maximum atomic E-state index is 14.0. The zero-order valence-electron chi connectivity index (χ0n) is 21.6. The highest BCUT2D eigenvalue weighted by molar-refractivity contribution is 6.30. The molecule has 1 aromatic heterocycles. The lowest BCUT2D eigenvalue weighted by molar-refractivity contribution is 0.00279. The number of ether oxygens (including phenoxy) is 2. The standard InChI is InChI=1S/C27H31ClFN3O4/c1-26(2,3)32(25(34)36-27(4,5)6)15-24-30-14-22(31(24)7)17-8-10-19(11-9-17)35-23-13-18(28)12-21(29)20(23)16-33/h8-14,16H,15H2,1-7H3. The molecule has 7 nitrogen and oxygen atoms in total. The van der Waals surface area contributed by atoms with Crippen LogP contribution in [0.3, 0.4) is 0 Å². The lowest BCUT2D eigenvalue weighted by atomic mass is 10.1. The Bertz CT molecular complexity index is 1260. The number of nitrogens with zero attached hydrogens (tertiary/aromatic N) is 3. The van der Waals surface area contributed by atoms with Crippen LogP contribution in [0.4, 0.5) is 9.18 Å². The second-order valence-electron chi connectivity index (χ2n) is 10.4. The first-order chi connectivity index (χ1) is 16.7. The number of carbonyl (C=O) groups is 2. The molecule has 0 aliphatic heterocycles. The fourth-order valence-corrected chi connectivity index (χ4v) is 3.67. The van der Waals surface area contributed by atoms with E-state index in [0.29, 0.717) is 17.9 Å². The monoisotopic (exact) mass is 515 g/mol. The Morgan fingerprint density at radius 1 is 1.14 bits per heavy atom. The number of imidazole rings is 1. The van der Waals surface area contributed by atoms with E-state index in [1.807, 2.05) is 65.3 Å². The van der Waals surface area contributed by atoms with Crippen LogP contribution in [-0.4, -0.2) is 38.0 Å². The highest BCUT2D eigenvalue weighted by Gasteiger charge is 2.32. The van der Waals surface area contributed by atoms with Crippen molar-refractivity contribution in [3.63, 3.8) is 0 Å². The van der Waals surface area contributed by atoms with Gasteiger partial charge in [-0.3, -0.25) is 9.69 Å². The van der Waals surface area contributed by atoms with Gasteiger partial charge in [0, 0.05) is 29.2 Å². The summed E-state index contributed by atoms with van der Waals surface area (Å²) in [5.74, 6) is 0.392. The summed E-state index contributed by atoms with van der Waals surface area (Å²) in [7, 11) is 1.88. The van der Waals surface area contributed by atoms with Gasteiger partial charge in [-0.1, -0.05) is 11.6 Å². The fourth-order valence-electron chi connectivity index (χ4n) is 3.48. The van der Waals surface area contributed by atoms with Crippen molar-refractivity contribution in [2.45, 2.75) is 59.2 Å². The summed E-state index contributed by atoms with van der Waals surface area (Å²) in [6.07, 6.45) is 1.72. The minimum Gasteiger partial charge on any atom is -0.456 e. The summed E-state index contributed by atoms with van der Waals surface area (Å²) in [4.78, 5) is 30.3. The summed E-state index contributed by atoms with van der Waals surface area (Å²) in [6.45, 7) is 11.6. The van der Waals surface area contributed by atoms with Crippen molar-refractivity contribution in [3.8, 4) is 22.8 Å². The van der Waals surface area contributed by atoms with E-state index in [1.54, 1.807) is 23.2 Å². The van der Waals surface area contributed by atoms with E-state index in [2.05, 4.69) is 4.98 Å². The molecule has 36 heavy (non-hydrogen) atoms. The number of benzene rings is 2. The summed E-state index contributed by atoms with van der Waals surface area (Å²) in [5.41, 5.74) is 0.398. The molecule has 0 bridgehead atoms. The second kappa shape index (κ2) is 10.3. The normalized spacial score (nSPS) is 11.8. The largest absolute Gasteiger partial charge is 0.456 e. The zero-order chi connectivity index (χ0) is 26.8. The first-order valence-electron chi connectivity index (χ1n) is 11.4. The van der Waals surface area contributed by atoms with Crippen LogP contribution in [0, 0.1) is 5.82 Å². The molecule has 0 spiro atoms. The van der Waals surface area contributed by atoms with Crippen LogP contribution in [0.5, 0.6) is 11.5 Å². The molecule has 2 aromatic carbocycles. The highest BCUT2D eigenvalue weighted by atomic mass is 35.5. The van der Waals surface area contributed by atoms with Crippen molar-refractivity contribution in [1.82, 2.24) is 14.5 Å². The van der Waals surface area contributed by atoms with Gasteiger partial charge in [0.1, 0.15) is 28.7 Å². The molecule has 0 atom stereocenters. The second-order valence-corrected chi connectivity index (χ2v) is 10.8. The lowest BCUT2D eigenvalue weighted by Crippen LogP contribution is -2.47. The Labute approximate surface area is 215 Å². The van der Waals surface area contributed by atoms with Gasteiger partial charge in [0.2, 0.25) is 0 Å². The first-order valence-corrected chi connectivity index (χ1v) is 11.8. The van der Waals surface area contributed by atoms with Crippen molar-refractivity contribution < 1.29 is 23.5 Å². The summed E-state index contributed by atoms with van der Waals surface area (Å²) in [5, 5.41) is 0.128. The summed E-state index contributed by atoms with van der Waals surface area (Å²) in [6, 6.07) is 9.52. The van der Waals surface area contributed by atoms with Crippen LogP contribution in [0.25, 0.3) is 11.3 Å². The van der Waals surface area contributed by atoms with Crippen LogP contribution in [0.15, 0.2) is 42.6 Å². The molecule has 0 aliphatic rings. The van der Waals surface area contributed by atoms with Crippen LogP contribution >= 0.6 is 11.6 Å². The van der Waals surface area contributed by atoms with Gasteiger partial charge in [-0.2, -0.15) is 0 Å². The first kappa shape index (κ1) is 27.2. The summed E-state index contributed by atoms with van der Waals surface area (Å²) >= 11 is 5.91. The third-order valence-electron chi connectivity index (χ3n) is 5.36. The number of aromatic nitrogens is 2. The Morgan fingerprint density at radius 2 is 1.78 bits per heavy atom. The lowest BCUT2D eigenvalue weighted by Gasteiger charge is -2.36. The molecule has 0 aliphatic carbocycles. The summed E-state index contributed by atoms with van der Waals surface area (Å²) < 4.78 is 27.2. The van der Waals surface area contributed by atoms with Gasteiger partial charge in [-0.25, -0.2) is 14.2 Å². The van der Waals surface area contributed by atoms with Crippen molar-refractivity contribution in [2.24, 2.45) is 7.05 Å². The van der Waals surface area contributed by atoms with Gasteiger partial charge in [0.15, 0.2) is 6.29 Å². The molecular formula is C27H31ClFN3O4. The topological polar surface area (TPSA) is 73.7 Å². The highest BCUT2D eigenvalue weighted by Crippen LogP contribution is 2.31. The molecule has 192 valence electrons. The average Bonchev–Trinajstić information content (AvgIpc) is 3.10. The van der Waals surface area contributed by atoms with E-state index in [-0.39, 0.29) is 22.9 Å². The van der Waals surface area contributed by atoms with Crippen LogP contribution in [-0.2, 0) is 18.3 Å². The average molecular weight is 516 g/mol. The molecule has 3 aromatic rings. The van der Waals surface area contributed by atoms with Crippen molar-refractivity contribution in [1.29, 1.82) is 0 Å². The zero-order valence-corrected chi connectivity index (χ0v) is 22.3. The van der Waals surface area contributed by atoms with E-state index in [0.717, 1.165) is 17.3 Å². The van der Waals surface area contributed by atoms with Gasteiger partial charge in [-0.15, -0.1) is 0 Å². The molecule has 0 saturated carbocycles. The van der Waals surface area contributed by atoms with Crippen molar-refractivity contribution >= 4 is 24.0 Å². The smallest absolute Gasteiger partial charge is 0.411 e.